The molecule has 0 fully saturated rings. The lowest BCUT2D eigenvalue weighted by atomic mass is 10.1. The molecule has 1 amide bonds. The minimum absolute atomic E-state index is 0.106. The molecule has 0 bridgehead atoms. The summed E-state index contributed by atoms with van der Waals surface area (Å²) in [6.45, 7) is 4.23. The number of hydrogen-bond acceptors (Lipinski definition) is 2. The van der Waals surface area contributed by atoms with Gasteiger partial charge in [-0.1, -0.05) is 29.8 Å². The zero-order valence-electron chi connectivity index (χ0n) is 10.00. The average Bonchev–Trinajstić information content (AvgIpc) is 2.28. The summed E-state index contributed by atoms with van der Waals surface area (Å²) >= 11 is 3.38. The van der Waals surface area contributed by atoms with Gasteiger partial charge in [-0.15, -0.1) is 0 Å². The van der Waals surface area contributed by atoms with Crippen LogP contribution in [-0.4, -0.2) is 22.3 Å². The number of alkyl halides is 1. The summed E-state index contributed by atoms with van der Waals surface area (Å²) in [6, 6.07) is 2.98. The molecule has 1 atom stereocenters. The summed E-state index contributed by atoms with van der Waals surface area (Å²) in [5, 5.41) is 3.65. The molecule has 0 spiro atoms. The van der Waals surface area contributed by atoms with Crippen LogP contribution >= 0.6 is 15.9 Å². The van der Waals surface area contributed by atoms with Gasteiger partial charge in [-0.05, 0) is 18.4 Å². The van der Waals surface area contributed by atoms with E-state index in [4.69, 9.17) is 0 Å². The number of carbonyl (C=O) groups is 1. The van der Waals surface area contributed by atoms with Crippen LogP contribution in [-0.2, 0) is 0 Å². The van der Waals surface area contributed by atoms with Crippen LogP contribution in [0.1, 0.15) is 30.6 Å². The fraction of sp³-hybridized carbons (Fsp3) is 0.500. The second-order valence-electron chi connectivity index (χ2n) is 4.40. The molecule has 1 heterocycles. The highest BCUT2D eigenvalue weighted by atomic mass is 79.9. The normalized spacial score (nSPS) is 12.5. The van der Waals surface area contributed by atoms with E-state index in [2.05, 4.69) is 40.1 Å². The molecule has 2 N–H and O–H groups in total. The SMILES string of the molecule is CC(C)CC(CBr)NC(=O)c1ccc(=O)[nH]c1. The Balaban J connectivity index is 2.64. The van der Waals surface area contributed by atoms with Crippen molar-refractivity contribution >= 4 is 21.8 Å². The predicted molar refractivity (Wildman–Crippen MR) is 71.6 cm³/mol. The number of rotatable bonds is 5. The second kappa shape index (κ2) is 6.59. The van der Waals surface area contributed by atoms with Crippen LogP contribution < -0.4 is 10.9 Å². The third kappa shape index (κ3) is 4.73. The van der Waals surface area contributed by atoms with Crippen molar-refractivity contribution in [2.24, 2.45) is 5.92 Å². The first-order valence-electron chi connectivity index (χ1n) is 5.58. The molecule has 1 rings (SSSR count). The van der Waals surface area contributed by atoms with Gasteiger partial charge in [-0.2, -0.15) is 0 Å². The van der Waals surface area contributed by atoms with Crippen molar-refractivity contribution in [2.75, 3.05) is 5.33 Å². The van der Waals surface area contributed by atoms with E-state index >= 15 is 0 Å². The molecule has 0 radical (unpaired) electrons. The molecular formula is C12H17BrN2O2. The smallest absolute Gasteiger partial charge is 0.253 e. The Bertz CT molecular complexity index is 408. The molecule has 1 aromatic rings. The second-order valence-corrected chi connectivity index (χ2v) is 5.04. The number of carbonyl (C=O) groups excluding carboxylic acids is 1. The monoisotopic (exact) mass is 300 g/mol. The fourth-order valence-electron chi connectivity index (χ4n) is 1.55. The Morgan fingerprint density at radius 1 is 1.47 bits per heavy atom. The van der Waals surface area contributed by atoms with E-state index in [1.165, 1.54) is 18.3 Å². The quantitative estimate of drug-likeness (QED) is 0.816. The van der Waals surface area contributed by atoms with Crippen molar-refractivity contribution in [3.05, 3.63) is 34.2 Å². The van der Waals surface area contributed by atoms with Gasteiger partial charge in [0.05, 0.1) is 5.56 Å². The number of H-pyrrole nitrogens is 1. The van der Waals surface area contributed by atoms with Crippen LogP contribution in [0.4, 0.5) is 0 Å². The first-order valence-corrected chi connectivity index (χ1v) is 6.70. The highest BCUT2D eigenvalue weighted by molar-refractivity contribution is 9.09. The molecule has 1 unspecified atom stereocenters. The minimum Gasteiger partial charge on any atom is -0.348 e. The lowest BCUT2D eigenvalue weighted by Crippen LogP contribution is -2.37. The summed E-state index contributed by atoms with van der Waals surface area (Å²) in [5.41, 5.74) is 0.264. The summed E-state index contributed by atoms with van der Waals surface area (Å²) in [6.07, 6.45) is 2.35. The van der Waals surface area contributed by atoms with E-state index in [1.54, 1.807) is 0 Å². The van der Waals surface area contributed by atoms with Crippen LogP contribution in [0.3, 0.4) is 0 Å². The summed E-state index contributed by atoms with van der Waals surface area (Å²) in [4.78, 5) is 25.2. The molecule has 0 aliphatic heterocycles. The maximum atomic E-state index is 11.9. The molecule has 0 aliphatic carbocycles. The third-order valence-corrected chi connectivity index (χ3v) is 3.11. The van der Waals surface area contributed by atoms with Gasteiger partial charge in [0.25, 0.3) is 5.91 Å². The number of halogens is 1. The van der Waals surface area contributed by atoms with E-state index < -0.39 is 0 Å². The fourth-order valence-corrected chi connectivity index (χ4v) is 1.98. The molecule has 0 aliphatic rings. The number of hydrogen-bond donors (Lipinski definition) is 2. The zero-order chi connectivity index (χ0) is 12.8. The van der Waals surface area contributed by atoms with Crippen molar-refractivity contribution in [3.63, 3.8) is 0 Å². The number of aromatic amines is 1. The highest BCUT2D eigenvalue weighted by Crippen LogP contribution is 2.08. The Morgan fingerprint density at radius 2 is 2.18 bits per heavy atom. The summed E-state index contributed by atoms with van der Waals surface area (Å²) in [7, 11) is 0. The van der Waals surface area contributed by atoms with Gasteiger partial charge >= 0.3 is 0 Å². The van der Waals surface area contributed by atoms with E-state index in [-0.39, 0.29) is 17.5 Å². The van der Waals surface area contributed by atoms with Gasteiger partial charge < -0.3 is 10.3 Å². The zero-order valence-corrected chi connectivity index (χ0v) is 11.6. The Hall–Kier alpha value is -1.10. The highest BCUT2D eigenvalue weighted by Gasteiger charge is 2.13. The Kier molecular flexibility index (Phi) is 5.41. The molecule has 17 heavy (non-hydrogen) atoms. The molecule has 0 saturated carbocycles. The standard InChI is InChI=1S/C12H17BrN2O2/c1-8(2)5-10(6-13)15-12(17)9-3-4-11(16)14-7-9/h3-4,7-8,10H,5-6H2,1-2H3,(H,14,16)(H,15,17). The van der Waals surface area contributed by atoms with E-state index in [0.29, 0.717) is 11.5 Å². The Morgan fingerprint density at radius 3 is 2.65 bits per heavy atom. The Labute approximate surface area is 109 Å². The minimum atomic E-state index is -0.208. The average molecular weight is 301 g/mol. The summed E-state index contributed by atoms with van der Waals surface area (Å²) in [5.74, 6) is 0.361. The predicted octanol–water partition coefficient (Wildman–Crippen LogP) is 1.91. The number of amides is 1. The molecule has 0 aromatic carbocycles. The van der Waals surface area contributed by atoms with Gasteiger partial charge in [0.1, 0.15) is 0 Å². The van der Waals surface area contributed by atoms with Gasteiger partial charge in [0.15, 0.2) is 0 Å². The van der Waals surface area contributed by atoms with E-state index in [9.17, 15) is 9.59 Å². The lowest BCUT2D eigenvalue weighted by molar-refractivity contribution is 0.0937. The van der Waals surface area contributed by atoms with Crippen molar-refractivity contribution in [1.82, 2.24) is 10.3 Å². The van der Waals surface area contributed by atoms with Crippen molar-refractivity contribution in [3.8, 4) is 0 Å². The first-order chi connectivity index (χ1) is 8.02. The van der Waals surface area contributed by atoms with Crippen LogP contribution in [0.25, 0.3) is 0 Å². The number of aromatic nitrogens is 1. The molecule has 4 nitrogen and oxygen atoms in total. The van der Waals surface area contributed by atoms with Gasteiger partial charge in [0, 0.05) is 23.6 Å². The van der Waals surface area contributed by atoms with Gasteiger partial charge in [0.2, 0.25) is 5.56 Å². The summed E-state index contributed by atoms with van der Waals surface area (Å²) < 4.78 is 0. The molecular weight excluding hydrogens is 284 g/mol. The molecule has 0 saturated heterocycles. The van der Waals surface area contributed by atoms with Crippen LogP contribution in [0, 0.1) is 5.92 Å². The topological polar surface area (TPSA) is 62.0 Å². The first kappa shape index (κ1) is 14.0. The van der Waals surface area contributed by atoms with E-state index in [0.717, 1.165) is 11.8 Å². The van der Waals surface area contributed by atoms with Gasteiger partial charge in [-0.25, -0.2) is 0 Å². The maximum absolute atomic E-state index is 11.9. The third-order valence-electron chi connectivity index (χ3n) is 2.32. The van der Waals surface area contributed by atoms with Crippen LogP contribution in [0.15, 0.2) is 23.1 Å². The van der Waals surface area contributed by atoms with Crippen molar-refractivity contribution in [2.45, 2.75) is 26.3 Å². The van der Waals surface area contributed by atoms with Crippen molar-refractivity contribution < 1.29 is 4.79 Å². The largest absolute Gasteiger partial charge is 0.348 e. The maximum Gasteiger partial charge on any atom is 0.253 e. The van der Waals surface area contributed by atoms with Crippen molar-refractivity contribution in [1.29, 1.82) is 0 Å². The lowest BCUT2D eigenvalue weighted by Gasteiger charge is -2.18. The molecule has 5 heteroatoms. The molecule has 94 valence electrons. The number of nitrogens with one attached hydrogen (secondary N) is 2. The number of pyridine rings is 1. The van der Waals surface area contributed by atoms with Gasteiger partial charge in [-0.3, -0.25) is 9.59 Å². The van der Waals surface area contributed by atoms with E-state index in [1.807, 2.05) is 0 Å². The van der Waals surface area contributed by atoms with Crippen LogP contribution in [0.2, 0.25) is 0 Å². The molecule has 1 aromatic heterocycles. The van der Waals surface area contributed by atoms with Crippen LogP contribution in [0.5, 0.6) is 0 Å².